The lowest BCUT2D eigenvalue weighted by Gasteiger charge is -2.39. The van der Waals surface area contributed by atoms with Crippen LogP contribution in [0.3, 0.4) is 0 Å². The molecule has 14 heteroatoms. The number of hydrogen-bond donors (Lipinski definition) is 0. The maximum atomic E-state index is 12.0. The smallest absolute Gasteiger partial charge is 0.436 e. The summed E-state index contributed by atoms with van der Waals surface area (Å²) in [6.45, 7) is 0. The van der Waals surface area contributed by atoms with Crippen LogP contribution in [0.2, 0.25) is 0 Å². The molecule has 0 aliphatic rings. The first kappa shape index (κ1) is 25.8. The number of alkyl halides is 9. The molecule has 0 aromatic carbocycles. The molecule has 0 unspecified atom stereocenters. The zero-order chi connectivity index (χ0) is 20.3. The molecule has 0 amide bonds. The molecule has 0 N–H and O–H groups in total. The summed E-state index contributed by atoms with van der Waals surface area (Å²) >= 11 is 0.120. The van der Waals surface area contributed by atoms with Gasteiger partial charge in [-0.25, -0.2) is 13.2 Å². The molecule has 0 fully saturated rings. The second kappa shape index (κ2) is 8.29. The van der Waals surface area contributed by atoms with Crippen molar-refractivity contribution < 1.29 is 44.6 Å². The van der Waals surface area contributed by atoms with Gasteiger partial charge in [0.05, 0.1) is 0 Å². The minimum Gasteiger partial charge on any atom is -0.795 e. The van der Waals surface area contributed by atoms with Crippen molar-refractivity contribution in [2.75, 3.05) is 42.3 Å². The number of rotatable bonds is 4. The number of hydrogen-bond acceptors (Lipinski definition) is 4. The average molecular weight is 399 g/mol. The lowest BCUT2D eigenvalue weighted by molar-refractivity contribution is -0.631. The Morgan fingerprint density at radius 3 is 0.792 bits per heavy atom. The lowest BCUT2D eigenvalue weighted by Crippen LogP contribution is -2.69. The molecule has 0 aromatic rings. The summed E-state index contributed by atoms with van der Waals surface area (Å²) in [5.41, 5.74) is -7.08. The van der Waals surface area contributed by atoms with E-state index in [-0.39, 0.29) is 11.5 Å². The van der Waals surface area contributed by atoms with Gasteiger partial charge < -0.3 is 5.11 Å². The quantitative estimate of drug-likeness (QED) is 0.533. The van der Waals surface area contributed by atoms with Crippen molar-refractivity contribution in [3.8, 4) is 0 Å². The third kappa shape index (κ3) is 6.13. The van der Waals surface area contributed by atoms with Crippen LogP contribution in [-0.4, -0.2) is 79.3 Å². The molecule has 0 radical (unpaired) electrons. The topological polar surface area (TPSA) is 32.8 Å². The summed E-state index contributed by atoms with van der Waals surface area (Å²) in [5.74, 6) is 0. The summed E-state index contributed by atoms with van der Waals surface area (Å²) in [6, 6.07) is 0. The third-order valence-electron chi connectivity index (χ3n) is 2.16. The zero-order valence-corrected chi connectivity index (χ0v) is 14.4. The summed E-state index contributed by atoms with van der Waals surface area (Å²) in [4.78, 5) is 0. The fourth-order valence-electron chi connectivity index (χ4n) is 1.47. The third-order valence-corrected chi connectivity index (χ3v) is 4.12. The Morgan fingerprint density at radius 1 is 0.583 bits per heavy atom. The van der Waals surface area contributed by atoms with Gasteiger partial charge in [-0.1, -0.05) is 12.9 Å². The Labute approximate surface area is 136 Å². The van der Waals surface area contributed by atoms with Crippen molar-refractivity contribution in [1.29, 1.82) is 0 Å². The van der Waals surface area contributed by atoms with Gasteiger partial charge in [-0.3, -0.25) is 0 Å². The molecule has 0 atom stereocenters. The molecule has 0 saturated heterocycles. The predicted molar refractivity (Wildman–Crippen MR) is 69.3 cm³/mol. The van der Waals surface area contributed by atoms with Gasteiger partial charge in [-0.2, -0.15) is 26.3 Å². The summed E-state index contributed by atoms with van der Waals surface area (Å²) < 4.78 is 109. The highest BCUT2D eigenvalue weighted by Crippen LogP contribution is 2.52. The molecular formula is C10H18F9N3OS. The van der Waals surface area contributed by atoms with Gasteiger partial charge in [0.15, 0.2) is 0 Å². The van der Waals surface area contributed by atoms with E-state index in [1.54, 1.807) is 0 Å². The standard InChI is InChI=1S/C6H18N3S.C4F9O/c1-7(2)10(8(3)4)9(5)6;5-1(2(6,7)8,3(9,10)11)4(12,13)14/h1-6H3;/q+1;-1. The maximum Gasteiger partial charge on any atom is 0.436 e. The van der Waals surface area contributed by atoms with Crippen molar-refractivity contribution in [2.45, 2.75) is 24.1 Å². The molecule has 24 heavy (non-hydrogen) atoms. The number of halogens is 9. The van der Waals surface area contributed by atoms with Crippen molar-refractivity contribution >= 4 is 11.5 Å². The van der Waals surface area contributed by atoms with E-state index in [4.69, 9.17) is 0 Å². The van der Waals surface area contributed by atoms with Crippen LogP contribution >= 0.6 is 0 Å². The van der Waals surface area contributed by atoms with Gasteiger partial charge in [0.2, 0.25) is 6.11 Å². The number of nitrogens with zero attached hydrogens (tertiary/aromatic N) is 3. The minimum absolute atomic E-state index is 0.120. The Kier molecular flexibility index (Phi) is 8.91. The summed E-state index contributed by atoms with van der Waals surface area (Å²) in [7, 11) is 12.5. The Hall–Kier alpha value is -0.440. The van der Waals surface area contributed by atoms with Gasteiger partial charge in [0.1, 0.15) is 0 Å². The van der Waals surface area contributed by atoms with Gasteiger partial charge in [-0.15, -0.1) is 0 Å². The normalized spacial score (nSPS) is 14.5. The van der Waals surface area contributed by atoms with E-state index < -0.39 is 24.1 Å². The summed E-state index contributed by atoms with van der Waals surface area (Å²) in [6.07, 6.45) is -20.9. The first-order valence-electron chi connectivity index (χ1n) is 5.89. The van der Waals surface area contributed by atoms with E-state index in [0.717, 1.165) is 0 Å². The molecule has 0 spiro atoms. The van der Waals surface area contributed by atoms with E-state index in [2.05, 4.69) is 55.2 Å². The molecule has 148 valence electrons. The fraction of sp³-hybridized carbons (Fsp3) is 1.00. The van der Waals surface area contributed by atoms with E-state index in [9.17, 15) is 44.6 Å². The van der Waals surface area contributed by atoms with Crippen molar-refractivity contribution in [3.05, 3.63) is 0 Å². The van der Waals surface area contributed by atoms with E-state index in [1.165, 1.54) is 0 Å². The van der Waals surface area contributed by atoms with Crippen LogP contribution in [0.25, 0.3) is 0 Å². The Balaban J connectivity index is 0. The van der Waals surface area contributed by atoms with Crippen LogP contribution in [0, 0.1) is 0 Å². The molecule has 0 bridgehead atoms. The van der Waals surface area contributed by atoms with Crippen molar-refractivity contribution in [2.24, 2.45) is 0 Å². The van der Waals surface area contributed by atoms with Crippen LogP contribution < -0.4 is 5.11 Å². The highest BCUT2D eigenvalue weighted by atomic mass is 32.2. The van der Waals surface area contributed by atoms with Crippen LogP contribution in [-0.2, 0) is 11.5 Å². The van der Waals surface area contributed by atoms with Gasteiger partial charge in [0.25, 0.3) is 11.5 Å². The maximum absolute atomic E-state index is 12.0. The Bertz CT molecular complexity index is 324. The highest BCUT2D eigenvalue weighted by Gasteiger charge is 2.80. The predicted octanol–water partition coefficient (Wildman–Crippen LogP) is 1.81. The highest BCUT2D eigenvalue weighted by molar-refractivity contribution is 7.90. The summed E-state index contributed by atoms with van der Waals surface area (Å²) in [5, 5.41) is 9.27. The average Bonchev–Trinajstić information content (AvgIpc) is 2.21. The molecular weight excluding hydrogens is 381 g/mol. The van der Waals surface area contributed by atoms with Crippen molar-refractivity contribution in [3.63, 3.8) is 0 Å². The van der Waals surface area contributed by atoms with E-state index >= 15 is 0 Å². The Morgan fingerprint density at radius 2 is 0.792 bits per heavy atom. The fourth-order valence-corrected chi connectivity index (χ4v) is 3.43. The molecule has 0 heterocycles. The van der Waals surface area contributed by atoms with E-state index in [1.807, 2.05) is 0 Å². The van der Waals surface area contributed by atoms with Crippen LogP contribution in [0.15, 0.2) is 0 Å². The lowest BCUT2D eigenvalue weighted by atomic mass is 10.0. The monoisotopic (exact) mass is 399 g/mol. The molecule has 0 aliphatic carbocycles. The SMILES string of the molecule is CN(C)[S+](N(C)C)N(C)C.[O-]C(F)(F)C(F)(C(F)(F)F)C(F)(F)F. The van der Waals surface area contributed by atoms with E-state index in [0.29, 0.717) is 0 Å². The zero-order valence-electron chi connectivity index (χ0n) is 13.6. The molecule has 0 rings (SSSR count). The van der Waals surface area contributed by atoms with Gasteiger partial charge >= 0.3 is 18.0 Å². The van der Waals surface area contributed by atoms with Crippen LogP contribution in [0.4, 0.5) is 39.5 Å². The van der Waals surface area contributed by atoms with Crippen LogP contribution in [0.5, 0.6) is 0 Å². The van der Waals surface area contributed by atoms with Gasteiger partial charge in [0, 0.05) is 42.3 Å². The molecule has 0 saturated carbocycles. The van der Waals surface area contributed by atoms with Gasteiger partial charge in [-0.05, 0) is 0 Å². The first-order valence-corrected chi connectivity index (χ1v) is 6.98. The minimum atomic E-state index is -7.08. The van der Waals surface area contributed by atoms with Crippen molar-refractivity contribution in [1.82, 2.24) is 12.9 Å². The molecule has 0 aromatic heterocycles. The largest absolute Gasteiger partial charge is 0.795 e. The molecule has 4 nitrogen and oxygen atoms in total. The molecule has 0 aliphatic heterocycles. The second-order valence-electron chi connectivity index (χ2n) is 4.85. The first-order chi connectivity index (χ1) is 10.2. The second-order valence-corrected chi connectivity index (χ2v) is 7.53. The van der Waals surface area contributed by atoms with Crippen LogP contribution in [0.1, 0.15) is 0 Å².